The first-order chi connectivity index (χ1) is 15.0. The Balaban J connectivity index is 1.61. The second kappa shape index (κ2) is 9.14. The molecule has 1 heterocycles. The van der Waals surface area contributed by atoms with Crippen LogP contribution in [0, 0.1) is 19.7 Å². The molecule has 4 rings (SSSR count). The van der Waals surface area contributed by atoms with Gasteiger partial charge in [-0.3, -0.25) is 9.36 Å². The van der Waals surface area contributed by atoms with E-state index in [1.165, 1.54) is 17.8 Å². The Morgan fingerprint density at radius 3 is 2.48 bits per heavy atom. The van der Waals surface area contributed by atoms with Gasteiger partial charge in [0.05, 0.1) is 11.3 Å². The molecule has 7 heteroatoms. The maximum absolute atomic E-state index is 14.5. The van der Waals surface area contributed by atoms with E-state index in [1.54, 1.807) is 22.8 Å². The highest BCUT2D eigenvalue weighted by molar-refractivity contribution is 7.99. The number of nitrogens with one attached hydrogen (secondary N) is 1. The van der Waals surface area contributed by atoms with Gasteiger partial charge in [0, 0.05) is 11.4 Å². The molecule has 0 aliphatic rings. The minimum Gasteiger partial charge on any atom is -0.325 e. The predicted molar refractivity (Wildman–Crippen MR) is 122 cm³/mol. The number of halogens is 1. The molecule has 4 aromatic rings. The number of rotatable bonds is 6. The van der Waals surface area contributed by atoms with Crippen LogP contribution in [0.1, 0.15) is 11.1 Å². The molecule has 0 saturated carbocycles. The Labute approximate surface area is 184 Å². The summed E-state index contributed by atoms with van der Waals surface area (Å²) in [7, 11) is 0. The fraction of sp³-hybridized carbons (Fsp3) is 0.125. The number of para-hydroxylation sites is 1. The second-order valence-corrected chi connectivity index (χ2v) is 7.98. The summed E-state index contributed by atoms with van der Waals surface area (Å²) in [6, 6.07) is 21.7. The van der Waals surface area contributed by atoms with Crippen LogP contribution in [0.5, 0.6) is 0 Å². The zero-order chi connectivity index (χ0) is 21.8. The lowest BCUT2D eigenvalue weighted by Crippen LogP contribution is -2.15. The molecular formula is C24H21FN4OS. The first-order valence-electron chi connectivity index (χ1n) is 9.79. The molecule has 0 aliphatic carbocycles. The van der Waals surface area contributed by atoms with E-state index in [1.807, 2.05) is 62.4 Å². The summed E-state index contributed by atoms with van der Waals surface area (Å²) in [4.78, 5) is 12.6. The van der Waals surface area contributed by atoms with E-state index >= 15 is 0 Å². The van der Waals surface area contributed by atoms with Crippen molar-refractivity contribution in [3.8, 4) is 17.1 Å². The van der Waals surface area contributed by atoms with Crippen molar-refractivity contribution in [1.82, 2.24) is 14.8 Å². The van der Waals surface area contributed by atoms with Gasteiger partial charge in [-0.2, -0.15) is 0 Å². The van der Waals surface area contributed by atoms with Crippen molar-refractivity contribution in [3.05, 3.63) is 89.7 Å². The number of aryl methyl sites for hydroxylation is 1. The summed E-state index contributed by atoms with van der Waals surface area (Å²) in [6.45, 7) is 3.98. The van der Waals surface area contributed by atoms with Gasteiger partial charge in [-0.15, -0.1) is 10.2 Å². The predicted octanol–water partition coefficient (Wildman–Crippen LogP) is 5.42. The van der Waals surface area contributed by atoms with Crippen molar-refractivity contribution >= 4 is 23.4 Å². The van der Waals surface area contributed by atoms with E-state index in [9.17, 15) is 9.18 Å². The monoisotopic (exact) mass is 432 g/mol. The molecule has 31 heavy (non-hydrogen) atoms. The van der Waals surface area contributed by atoms with Crippen molar-refractivity contribution in [2.24, 2.45) is 0 Å². The number of hydrogen-bond donors (Lipinski definition) is 1. The van der Waals surface area contributed by atoms with Gasteiger partial charge in [0.1, 0.15) is 5.82 Å². The summed E-state index contributed by atoms with van der Waals surface area (Å²) in [5.74, 6) is 0.0158. The van der Waals surface area contributed by atoms with Crippen LogP contribution < -0.4 is 5.32 Å². The minimum atomic E-state index is -0.378. The van der Waals surface area contributed by atoms with Gasteiger partial charge in [0.2, 0.25) is 5.91 Å². The van der Waals surface area contributed by atoms with Gasteiger partial charge in [-0.1, -0.05) is 54.2 Å². The molecule has 156 valence electrons. The smallest absolute Gasteiger partial charge is 0.234 e. The Morgan fingerprint density at radius 1 is 0.968 bits per heavy atom. The molecule has 1 N–H and O–H groups in total. The quantitative estimate of drug-likeness (QED) is 0.413. The zero-order valence-electron chi connectivity index (χ0n) is 17.2. The van der Waals surface area contributed by atoms with Crippen molar-refractivity contribution < 1.29 is 9.18 Å². The molecule has 1 amide bonds. The Bertz CT molecular complexity index is 1220. The number of aromatic nitrogens is 3. The third-order valence-corrected chi connectivity index (χ3v) is 5.90. The molecule has 0 unspecified atom stereocenters. The van der Waals surface area contributed by atoms with Crippen molar-refractivity contribution in [3.63, 3.8) is 0 Å². The zero-order valence-corrected chi connectivity index (χ0v) is 18.0. The molecule has 0 saturated heterocycles. The molecule has 5 nitrogen and oxygen atoms in total. The summed E-state index contributed by atoms with van der Waals surface area (Å²) >= 11 is 1.26. The number of anilines is 1. The van der Waals surface area contributed by atoms with Crippen LogP contribution >= 0.6 is 11.8 Å². The van der Waals surface area contributed by atoms with Crippen LogP contribution in [0.3, 0.4) is 0 Å². The number of hydrogen-bond acceptors (Lipinski definition) is 4. The number of carbonyl (C=O) groups excluding carboxylic acids is 1. The van der Waals surface area contributed by atoms with E-state index in [-0.39, 0.29) is 17.5 Å². The van der Waals surface area contributed by atoms with Gasteiger partial charge in [0.25, 0.3) is 0 Å². The third kappa shape index (κ3) is 4.51. The number of amides is 1. The summed E-state index contributed by atoms with van der Waals surface area (Å²) < 4.78 is 16.2. The SMILES string of the molecule is Cc1cccc(NC(=O)CSc2nnc(-c3ccccc3F)n2-c2ccccc2)c1C. The molecule has 0 atom stereocenters. The Hall–Kier alpha value is -3.45. The molecule has 0 spiro atoms. The van der Waals surface area contributed by atoms with E-state index in [4.69, 9.17) is 0 Å². The van der Waals surface area contributed by atoms with Crippen LogP contribution in [0.25, 0.3) is 17.1 Å². The molecule has 0 aliphatic heterocycles. The van der Waals surface area contributed by atoms with Gasteiger partial charge >= 0.3 is 0 Å². The maximum Gasteiger partial charge on any atom is 0.234 e. The fourth-order valence-corrected chi connectivity index (χ4v) is 3.95. The molecule has 0 fully saturated rings. The normalized spacial score (nSPS) is 10.8. The number of thioether (sulfide) groups is 1. The Kier molecular flexibility index (Phi) is 6.13. The van der Waals surface area contributed by atoms with Crippen LogP contribution in [0.2, 0.25) is 0 Å². The lowest BCUT2D eigenvalue weighted by Gasteiger charge is -2.12. The highest BCUT2D eigenvalue weighted by Crippen LogP contribution is 2.29. The van der Waals surface area contributed by atoms with E-state index in [0.717, 1.165) is 22.5 Å². The first-order valence-corrected chi connectivity index (χ1v) is 10.8. The van der Waals surface area contributed by atoms with E-state index < -0.39 is 0 Å². The largest absolute Gasteiger partial charge is 0.325 e. The average molecular weight is 433 g/mol. The molecular weight excluding hydrogens is 411 g/mol. The van der Waals surface area contributed by atoms with E-state index in [2.05, 4.69) is 15.5 Å². The van der Waals surface area contributed by atoms with Crippen LogP contribution in [0.15, 0.2) is 78.0 Å². The fourth-order valence-electron chi connectivity index (χ4n) is 3.19. The van der Waals surface area contributed by atoms with Gasteiger partial charge in [-0.05, 0) is 55.3 Å². The lowest BCUT2D eigenvalue weighted by atomic mass is 10.1. The van der Waals surface area contributed by atoms with Crippen LogP contribution in [-0.2, 0) is 4.79 Å². The molecule has 0 bridgehead atoms. The van der Waals surface area contributed by atoms with Gasteiger partial charge in [-0.25, -0.2) is 4.39 Å². The van der Waals surface area contributed by atoms with Crippen LogP contribution in [-0.4, -0.2) is 26.4 Å². The number of carbonyl (C=O) groups is 1. The summed E-state index contributed by atoms with van der Waals surface area (Å²) in [5.41, 5.74) is 4.09. The topological polar surface area (TPSA) is 59.8 Å². The van der Waals surface area contributed by atoms with Crippen LogP contribution in [0.4, 0.5) is 10.1 Å². The lowest BCUT2D eigenvalue weighted by molar-refractivity contribution is -0.113. The average Bonchev–Trinajstić information content (AvgIpc) is 3.20. The van der Waals surface area contributed by atoms with Crippen molar-refractivity contribution in [1.29, 1.82) is 0 Å². The standard InChI is InChI=1S/C24H21FN4OS/c1-16-9-8-14-21(17(16)2)26-22(30)15-31-24-28-27-23(19-12-6-7-13-20(19)25)29(24)18-10-4-3-5-11-18/h3-14H,15H2,1-2H3,(H,26,30). The molecule has 3 aromatic carbocycles. The van der Waals surface area contributed by atoms with Gasteiger partial charge in [0.15, 0.2) is 11.0 Å². The number of nitrogens with zero attached hydrogens (tertiary/aromatic N) is 3. The Morgan fingerprint density at radius 2 is 1.71 bits per heavy atom. The summed E-state index contributed by atoms with van der Waals surface area (Å²) in [5, 5.41) is 11.9. The third-order valence-electron chi connectivity index (χ3n) is 4.97. The minimum absolute atomic E-state index is 0.145. The summed E-state index contributed by atoms with van der Waals surface area (Å²) in [6.07, 6.45) is 0. The van der Waals surface area contributed by atoms with Crippen molar-refractivity contribution in [2.75, 3.05) is 11.1 Å². The van der Waals surface area contributed by atoms with E-state index in [0.29, 0.717) is 16.5 Å². The molecule has 1 aromatic heterocycles. The molecule has 0 radical (unpaired) electrons. The first kappa shape index (κ1) is 20.8. The van der Waals surface area contributed by atoms with Crippen molar-refractivity contribution in [2.45, 2.75) is 19.0 Å². The maximum atomic E-state index is 14.5. The second-order valence-electron chi connectivity index (χ2n) is 7.04. The van der Waals surface area contributed by atoms with Gasteiger partial charge < -0.3 is 5.32 Å². The number of benzene rings is 3. The highest BCUT2D eigenvalue weighted by atomic mass is 32.2. The highest BCUT2D eigenvalue weighted by Gasteiger charge is 2.19.